The highest BCUT2D eigenvalue weighted by Gasteiger charge is 2.23. The second kappa shape index (κ2) is 7.09. The van der Waals surface area contributed by atoms with Gasteiger partial charge in [0.05, 0.1) is 6.42 Å². The largest absolute Gasteiger partial charge is 0.353 e. The molecule has 5 heteroatoms. The van der Waals surface area contributed by atoms with Crippen LogP contribution in [0.5, 0.6) is 0 Å². The molecule has 0 spiro atoms. The Morgan fingerprint density at radius 2 is 1.72 bits per heavy atom. The van der Waals surface area contributed by atoms with Crippen LogP contribution >= 0.6 is 0 Å². The topological polar surface area (TPSA) is 74.0 Å². The van der Waals surface area contributed by atoms with Crippen LogP contribution in [0.1, 0.15) is 28.9 Å². The lowest BCUT2D eigenvalue weighted by molar-refractivity contribution is -0.120. The Balaban J connectivity index is 1.30. The van der Waals surface area contributed by atoms with Gasteiger partial charge in [0.15, 0.2) is 0 Å². The van der Waals surface area contributed by atoms with Gasteiger partial charge in [-0.15, -0.1) is 0 Å². The maximum absolute atomic E-state index is 12.7. The summed E-state index contributed by atoms with van der Waals surface area (Å²) in [4.78, 5) is 27.8. The molecule has 1 saturated carbocycles. The SMILES string of the molecule is O=C(Cc1ccc(NC(=O)c2cc3c(ccc4ccccc43)[nH]2)cc1)NC1CC1. The number of nitrogens with one attached hydrogen (secondary N) is 3. The summed E-state index contributed by atoms with van der Waals surface area (Å²) in [7, 11) is 0. The van der Waals surface area contributed by atoms with E-state index in [0.29, 0.717) is 23.8 Å². The molecule has 3 aromatic carbocycles. The summed E-state index contributed by atoms with van der Waals surface area (Å²) in [5.74, 6) is -0.140. The van der Waals surface area contributed by atoms with Crippen molar-refractivity contribution in [2.24, 2.45) is 0 Å². The van der Waals surface area contributed by atoms with E-state index in [9.17, 15) is 9.59 Å². The van der Waals surface area contributed by atoms with Crippen LogP contribution in [-0.4, -0.2) is 22.8 Å². The monoisotopic (exact) mass is 383 g/mol. The average molecular weight is 383 g/mol. The molecular formula is C24H21N3O2. The molecule has 144 valence electrons. The minimum Gasteiger partial charge on any atom is -0.353 e. The summed E-state index contributed by atoms with van der Waals surface area (Å²) < 4.78 is 0. The van der Waals surface area contributed by atoms with E-state index in [0.717, 1.165) is 40.1 Å². The Morgan fingerprint density at radius 1 is 0.931 bits per heavy atom. The summed E-state index contributed by atoms with van der Waals surface area (Å²) in [6.07, 6.45) is 2.53. The number of benzene rings is 3. The van der Waals surface area contributed by atoms with Crippen LogP contribution in [0.2, 0.25) is 0 Å². The van der Waals surface area contributed by atoms with Gasteiger partial charge in [0, 0.05) is 22.6 Å². The fraction of sp³-hybridized carbons (Fsp3) is 0.167. The minimum atomic E-state index is -0.190. The van der Waals surface area contributed by atoms with Gasteiger partial charge in [-0.25, -0.2) is 0 Å². The second-order valence-corrected chi connectivity index (χ2v) is 7.60. The zero-order valence-electron chi connectivity index (χ0n) is 15.9. The lowest BCUT2D eigenvalue weighted by Gasteiger charge is -2.06. The maximum Gasteiger partial charge on any atom is 0.272 e. The van der Waals surface area contributed by atoms with E-state index in [2.05, 4.69) is 27.8 Å². The summed E-state index contributed by atoms with van der Waals surface area (Å²) >= 11 is 0. The Hall–Kier alpha value is -3.60. The first-order chi connectivity index (χ1) is 14.2. The quantitative estimate of drug-likeness (QED) is 0.478. The Morgan fingerprint density at radius 3 is 2.52 bits per heavy atom. The smallest absolute Gasteiger partial charge is 0.272 e. The molecule has 0 saturated heterocycles. The number of hydrogen-bond acceptors (Lipinski definition) is 2. The van der Waals surface area contributed by atoms with Crippen LogP contribution in [0.15, 0.2) is 66.7 Å². The number of aromatic nitrogens is 1. The van der Waals surface area contributed by atoms with Crippen molar-refractivity contribution in [1.29, 1.82) is 0 Å². The number of anilines is 1. The molecule has 1 aromatic heterocycles. The van der Waals surface area contributed by atoms with Crippen molar-refractivity contribution in [2.45, 2.75) is 25.3 Å². The van der Waals surface area contributed by atoms with E-state index in [4.69, 9.17) is 0 Å². The van der Waals surface area contributed by atoms with Crippen LogP contribution in [-0.2, 0) is 11.2 Å². The molecule has 1 aliphatic carbocycles. The molecule has 0 radical (unpaired) electrons. The zero-order valence-corrected chi connectivity index (χ0v) is 15.9. The molecule has 4 aromatic rings. The molecule has 3 N–H and O–H groups in total. The second-order valence-electron chi connectivity index (χ2n) is 7.60. The van der Waals surface area contributed by atoms with Crippen LogP contribution in [0.25, 0.3) is 21.7 Å². The van der Waals surface area contributed by atoms with Crippen LogP contribution in [0, 0.1) is 0 Å². The van der Waals surface area contributed by atoms with E-state index in [1.165, 1.54) is 0 Å². The molecule has 5 rings (SSSR count). The molecule has 2 amide bonds. The van der Waals surface area contributed by atoms with Gasteiger partial charge in [-0.3, -0.25) is 9.59 Å². The highest BCUT2D eigenvalue weighted by Crippen LogP contribution is 2.26. The van der Waals surface area contributed by atoms with Gasteiger partial charge >= 0.3 is 0 Å². The first kappa shape index (κ1) is 17.5. The summed E-state index contributed by atoms with van der Waals surface area (Å²) in [6.45, 7) is 0. The lowest BCUT2D eigenvalue weighted by Crippen LogP contribution is -2.26. The van der Waals surface area contributed by atoms with Gasteiger partial charge in [-0.05, 0) is 53.4 Å². The fourth-order valence-corrected chi connectivity index (χ4v) is 3.60. The molecule has 5 nitrogen and oxygen atoms in total. The predicted octanol–water partition coefficient (Wildman–Crippen LogP) is 4.39. The van der Waals surface area contributed by atoms with E-state index in [1.807, 2.05) is 54.6 Å². The number of amides is 2. The number of carbonyl (C=O) groups is 2. The van der Waals surface area contributed by atoms with Crippen LogP contribution in [0.3, 0.4) is 0 Å². The molecular weight excluding hydrogens is 362 g/mol. The predicted molar refractivity (Wildman–Crippen MR) is 115 cm³/mol. The summed E-state index contributed by atoms with van der Waals surface area (Å²) in [5, 5.41) is 9.20. The molecule has 0 unspecified atom stereocenters. The van der Waals surface area contributed by atoms with Gasteiger partial charge in [-0.2, -0.15) is 0 Å². The van der Waals surface area contributed by atoms with Gasteiger partial charge in [-0.1, -0.05) is 42.5 Å². The standard InChI is InChI=1S/C24H21N3O2/c28-23(25-17-10-11-17)13-15-5-8-18(9-6-15)26-24(29)22-14-20-19-4-2-1-3-16(19)7-12-21(20)27-22/h1-9,12,14,17,27H,10-11,13H2,(H,25,28)(H,26,29). The van der Waals surface area contributed by atoms with Crippen molar-refractivity contribution < 1.29 is 9.59 Å². The highest BCUT2D eigenvalue weighted by molar-refractivity contribution is 6.12. The number of fused-ring (bicyclic) bond motifs is 3. The lowest BCUT2D eigenvalue weighted by atomic mass is 10.1. The molecule has 0 atom stereocenters. The number of carbonyl (C=O) groups excluding carboxylic acids is 2. The van der Waals surface area contributed by atoms with Gasteiger partial charge in [0.1, 0.15) is 5.69 Å². The van der Waals surface area contributed by atoms with Gasteiger partial charge in [0.2, 0.25) is 5.91 Å². The first-order valence-electron chi connectivity index (χ1n) is 9.86. The van der Waals surface area contributed by atoms with Crippen molar-refractivity contribution in [3.63, 3.8) is 0 Å². The third-order valence-corrected chi connectivity index (χ3v) is 5.29. The normalized spacial score (nSPS) is 13.5. The van der Waals surface area contributed by atoms with Crippen molar-refractivity contribution in [3.05, 3.63) is 78.0 Å². The van der Waals surface area contributed by atoms with Crippen LogP contribution < -0.4 is 10.6 Å². The zero-order chi connectivity index (χ0) is 19.8. The van der Waals surface area contributed by atoms with E-state index >= 15 is 0 Å². The summed E-state index contributed by atoms with van der Waals surface area (Å²) in [6, 6.07) is 21.9. The van der Waals surface area contributed by atoms with Crippen molar-refractivity contribution in [1.82, 2.24) is 10.3 Å². The maximum atomic E-state index is 12.7. The molecule has 29 heavy (non-hydrogen) atoms. The number of rotatable bonds is 5. The average Bonchev–Trinajstić information content (AvgIpc) is 3.42. The van der Waals surface area contributed by atoms with Crippen LogP contribution in [0.4, 0.5) is 5.69 Å². The van der Waals surface area contributed by atoms with Crippen molar-refractivity contribution in [3.8, 4) is 0 Å². The number of hydrogen-bond donors (Lipinski definition) is 3. The third-order valence-electron chi connectivity index (χ3n) is 5.29. The number of aromatic amines is 1. The minimum absolute atomic E-state index is 0.0505. The molecule has 1 fully saturated rings. The summed E-state index contributed by atoms with van der Waals surface area (Å²) in [5.41, 5.74) is 3.08. The molecule has 1 heterocycles. The van der Waals surface area contributed by atoms with Crippen molar-refractivity contribution >= 4 is 39.2 Å². The van der Waals surface area contributed by atoms with E-state index in [1.54, 1.807) is 0 Å². The number of H-pyrrole nitrogens is 1. The van der Waals surface area contributed by atoms with E-state index < -0.39 is 0 Å². The Labute approximate surface area is 168 Å². The Kier molecular flexibility index (Phi) is 4.28. The Bertz CT molecular complexity index is 1220. The molecule has 1 aliphatic rings. The van der Waals surface area contributed by atoms with Gasteiger partial charge in [0.25, 0.3) is 5.91 Å². The molecule has 0 aliphatic heterocycles. The first-order valence-corrected chi connectivity index (χ1v) is 9.86. The van der Waals surface area contributed by atoms with Gasteiger partial charge < -0.3 is 15.6 Å². The van der Waals surface area contributed by atoms with Crippen molar-refractivity contribution in [2.75, 3.05) is 5.32 Å². The molecule has 0 bridgehead atoms. The highest BCUT2D eigenvalue weighted by atomic mass is 16.2. The third kappa shape index (κ3) is 3.72. The van der Waals surface area contributed by atoms with E-state index in [-0.39, 0.29) is 11.8 Å². The fourth-order valence-electron chi connectivity index (χ4n) is 3.60.